The van der Waals surface area contributed by atoms with Crippen LogP contribution in [0, 0.1) is 0 Å². The topological polar surface area (TPSA) is 42.4 Å². The molecule has 0 amide bonds. The molecule has 0 fully saturated rings. The Morgan fingerprint density at radius 3 is 2.41 bits per heavy atom. The fourth-order valence-electron chi connectivity index (χ4n) is 6.51. The second kappa shape index (κ2) is 7.71. The summed E-state index contributed by atoms with van der Waals surface area (Å²) in [6.45, 7) is 0. The summed E-state index contributed by atoms with van der Waals surface area (Å²) in [4.78, 5) is 7.30. The predicted molar refractivity (Wildman–Crippen MR) is 158 cm³/mol. The SMILES string of the molecule is C1=CC2c3c(ccc4ccccc34)N(c3ccc(-c4nc5ccc6oc7ccccc7c6c5o4)cc3)C2C=C1. The molecule has 9 rings (SSSR count). The van der Waals surface area contributed by atoms with E-state index in [4.69, 9.17) is 13.8 Å². The molecule has 4 heteroatoms. The van der Waals surface area contributed by atoms with Gasteiger partial charge in [0.15, 0.2) is 5.58 Å². The summed E-state index contributed by atoms with van der Waals surface area (Å²) < 4.78 is 12.4. The molecular formula is C35H22N2O2. The van der Waals surface area contributed by atoms with E-state index >= 15 is 0 Å². The maximum atomic E-state index is 6.38. The zero-order valence-corrected chi connectivity index (χ0v) is 20.9. The first-order valence-electron chi connectivity index (χ1n) is 13.3. The Hall–Kier alpha value is -5.09. The fourth-order valence-corrected chi connectivity index (χ4v) is 6.51. The summed E-state index contributed by atoms with van der Waals surface area (Å²) in [5.74, 6) is 0.931. The van der Waals surface area contributed by atoms with Crippen molar-refractivity contribution in [1.29, 1.82) is 0 Å². The molecule has 0 N–H and O–H groups in total. The number of benzene rings is 5. The van der Waals surface area contributed by atoms with Crippen LogP contribution >= 0.6 is 0 Å². The molecular weight excluding hydrogens is 480 g/mol. The van der Waals surface area contributed by atoms with Crippen LogP contribution in [0.5, 0.6) is 0 Å². The van der Waals surface area contributed by atoms with Gasteiger partial charge in [-0.15, -0.1) is 0 Å². The minimum Gasteiger partial charge on any atom is -0.456 e. The number of nitrogens with zero attached hydrogens (tertiary/aromatic N) is 2. The van der Waals surface area contributed by atoms with Gasteiger partial charge < -0.3 is 13.7 Å². The van der Waals surface area contributed by atoms with E-state index in [-0.39, 0.29) is 6.04 Å². The fraction of sp³-hybridized carbons (Fsp3) is 0.0571. The van der Waals surface area contributed by atoms with Crippen LogP contribution in [0.1, 0.15) is 11.5 Å². The Morgan fingerprint density at radius 1 is 0.667 bits per heavy atom. The predicted octanol–water partition coefficient (Wildman–Crippen LogP) is 9.28. The van der Waals surface area contributed by atoms with E-state index < -0.39 is 0 Å². The lowest BCUT2D eigenvalue weighted by Crippen LogP contribution is -2.28. The largest absolute Gasteiger partial charge is 0.456 e. The van der Waals surface area contributed by atoms with Gasteiger partial charge in [0, 0.05) is 28.2 Å². The molecule has 39 heavy (non-hydrogen) atoms. The Kier molecular flexibility index (Phi) is 4.14. The van der Waals surface area contributed by atoms with Crippen molar-refractivity contribution in [1.82, 2.24) is 4.98 Å². The number of oxazole rings is 1. The Balaban J connectivity index is 1.15. The van der Waals surface area contributed by atoms with Crippen LogP contribution in [0.25, 0.3) is 55.3 Å². The molecule has 2 unspecified atom stereocenters. The summed E-state index contributed by atoms with van der Waals surface area (Å²) in [5.41, 5.74) is 8.03. The first-order valence-corrected chi connectivity index (χ1v) is 13.3. The van der Waals surface area contributed by atoms with Gasteiger partial charge in [-0.25, -0.2) is 4.98 Å². The molecule has 0 bridgehead atoms. The molecule has 3 heterocycles. The third-order valence-electron chi connectivity index (χ3n) is 8.23. The van der Waals surface area contributed by atoms with Crippen LogP contribution in [0.15, 0.2) is 130 Å². The number of hydrogen-bond donors (Lipinski definition) is 0. The van der Waals surface area contributed by atoms with Gasteiger partial charge in [0.05, 0.1) is 11.4 Å². The van der Waals surface area contributed by atoms with E-state index in [2.05, 4.69) is 95.9 Å². The van der Waals surface area contributed by atoms with Gasteiger partial charge in [-0.05, 0) is 64.9 Å². The normalized spacial score (nSPS) is 18.0. The lowest BCUT2D eigenvalue weighted by atomic mass is 9.88. The van der Waals surface area contributed by atoms with Gasteiger partial charge >= 0.3 is 0 Å². The molecule has 0 saturated carbocycles. The molecule has 4 nitrogen and oxygen atoms in total. The van der Waals surface area contributed by atoms with Crippen molar-refractivity contribution >= 4 is 55.2 Å². The summed E-state index contributed by atoms with van der Waals surface area (Å²) in [6, 6.07) is 34.0. The molecule has 1 aliphatic heterocycles. The molecule has 0 radical (unpaired) electrons. The molecule has 5 aromatic carbocycles. The van der Waals surface area contributed by atoms with E-state index in [1.54, 1.807) is 0 Å². The highest BCUT2D eigenvalue weighted by Crippen LogP contribution is 2.50. The maximum absolute atomic E-state index is 6.38. The number of aromatic nitrogens is 1. The number of anilines is 2. The number of para-hydroxylation sites is 1. The van der Waals surface area contributed by atoms with Gasteiger partial charge in [0.25, 0.3) is 0 Å². The Labute approximate surface area is 224 Å². The average molecular weight is 503 g/mol. The third-order valence-corrected chi connectivity index (χ3v) is 8.23. The van der Waals surface area contributed by atoms with Crippen LogP contribution in [0.2, 0.25) is 0 Å². The van der Waals surface area contributed by atoms with Crippen molar-refractivity contribution in [3.63, 3.8) is 0 Å². The summed E-state index contributed by atoms with van der Waals surface area (Å²) >= 11 is 0. The van der Waals surface area contributed by atoms with E-state index in [0.717, 1.165) is 44.3 Å². The van der Waals surface area contributed by atoms with Crippen molar-refractivity contribution in [2.75, 3.05) is 4.90 Å². The quantitative estimate of drug-likeness (QED) is 0.236. The van der Waals surface area contributed by atoms with Gasteiger partial charge in [-0.1, -0.05) is 72.8 Å². The van der Waals surface area contributed by atoms with Crippen LogP contribution in [0.4, 0.5) is 11.4 Å². The second-order valence-corrected chi connectivity index (χ2v) is 10.3. The molecule has 1 aliphatic carbocycles. The monoisotopic (exact) mass is 502 g/mol. The van der Waals surface area contributed by atoms with Gasteiger partial charge in [-0.2, -0.15) is 0 Å². The Bertz CT molecular complexity index is 2150. The zero-order valence-electron chi connectivity index (χ0n) is 20.9. The van der Waals surface area contributed by atoms with E-state index in [9.17, 15) is 0 Å². The van der Waals surface area contributed by atoms with Crippen molar-refractivity contribution in [2.24, 2.45) is 0 Å². The highest BCUT2D eigenvalue weighted by molar-refractivity contribution is 6.16. The first kappa shape index (κ1) is 20.9. The second-order valence-electron chi connectivity index (χ2n) is 10.3. The van der Waals surface area contributed by atoms with Crippen molar-refractivity contribution in [3.8, 4) is 11.5 Å². The van der Waals surface area contributed by atoms with E-state index in [0.29, 0.717) is 11.8 Å². The standard InChI is InChI=1S/C35H22N2O2/c1-2-8-24-21(7-1)15-19-29-32(24)25-9-3-5-11-28(25)37(29)23-16-13-22(14-17-23)35-36-27-18-20-31-33(34(27)39-35)26-10-4-6-12-30(26)38-31/h1-20,25,28H. The van der Waals surface area contributed by atoms with Crippen LogP contribution in [0.3, 0.4) is 0 Å². The number of furan rings is 1. The molecule has 184 valence electrons. The molecule has 2 atom stereocenters. The van der Waals surface area contributed by atoms with Crippen LogP contribution < -0.4 is 4.90 Å². The average Bonchev–Trinajstić information content (AvgIpc) is 3.68. The maximum Gasteiger partial charge on any atom is 0.227 e. The number of hydrogen-bond acceptors (Lipinski definition) is 4. The third kappa shape index (κ3) is 2.91. The lowest BCUT2D eigenvalue weighted by molar-refractivity contribution is 0.622. The van der Waals surface area contributed by atoms with Crippen LogP contribution in [-0.4, -0.2) is 11.0 Å². The molecule has 0 spiro atoms. The van der Waals surface area contributed by atoms with Gasteiger partial charge in [-0.3, -0.25) is 0 Å². The highest BCUT2D eigenvalue weighted by Gasteiger charge is 2.38. The summed E-state index contributed by atoms with van der Waals surface area (Å²) in [5, 5.41) is 4.63. The lowest BCUT2D eigenvalue weighted by Gasteiger charge is -2.28. The molecule has 2 aromatic heterocycles. The van der Waals surface area contributed by atoms with Crippen LogP contribution in [-0.2, 0) is 0 Å². The number of fused-ring (bicyclic) bond motifs is 10. The highest BCUT2D eigenvalue weighted by atomic mass is 16.4. The number of rotatable bonds is 2. The minimum absolute atomic E-state index is 0.244. The first-order chi connectivity index (χ1) is 19.3. The van der Waals surface area contributed by atoms with Crippen molar-refractivity contribution < 1.29 is 8.83 Å². The summed E-state index contributed by atoms with van der Waals surface area (Å²) in [7, 11) is 0. The van der Waals surface area contributed by atoms with Crippen molar-refractivity contribution in [2.45, 2.75) is 12.0 Å². The zero-order chi connectivity index (χ0) is 25.5. The van der Waals surface area contributed by atoms with Gasteiger partial charge in [0.2, 0.25) is 5.89 Å². The smallest absolute Gasteiger partial charge is 0.227 e. The summed E-state index contributed by atoms with van der Waals surface area (Å²) in [6.07, 6.45) is 8.99. The van der Waals surface area contributed by atoms with Crippen molar-refractivity contribution in [3.05, 3.63) is 127 Å². The molecule has 0 saturated heterocycles. The minimum atomic E-state index is 0.244. The Morgan fingerprint density at radius 2 is 1.49 bits per heavy atom. The van der Waals surface area contributed by atoms with E-state index in [1.165, 1.54) is 22.0 Å². The van der Waals surface area contributed by atoms with E-state index in [1.807, 2.05) is 30.3 Å². The number of allylic oxidation sites excluding steroid dienone is 2. The van der Waals surface area contributed by atoms with Gasteiger partial charge in [0.1, 0.15) is 16.7 Å². The molecule has 7 aromatic rings. The molecule has 2 aliphatic rings.